The van der Waals surface area contributed by atoms with Crippen LogP contribution in [-0.2, 0) is 6.54 Å². The van der Waals surface area contributed by atoms with Gasteiger partial charge in [-0.25, -0.2) is 0 Å². The maximum Gasteiger partial charge on any atom is 0.191 e. The Balaban J connectivity index is 0.00000363. The van der Waals surface area contributed by atoms with Gasteiger partial charge in [-0.1, -0.05) is 24.1 Å². The van der Waals surface area contributed by atoms with Gasteiger partial charge in [-0.05, 0) is 36.2 Å². The van der Waals surface area contributed by atoms with Crippen LogP contribution in [0, 0.1) is 12.3 Å². The number of nitrogens with zero attached hydrogens (tertiary/aromatic N) is 2. The quantitative estimate of drug-likeness (QED) is 0.228. The number of anilines is 1. The molecule has 172 valence electrons. The maximum atomic E-state index is 5.58. The van der Waals surface area contributed by atoms with Gasteiger partial charge in [0.2, 0.25) is 0 Å². The molecule has 1 heterocycles. The summed E-state index contributed by atoms with van der Waals surface area (Å²) in [6, 6.07) is 14.2. The Morgan fingerprint density at radius 3 is 2.66 bits per heavy atom. The van der Waals surface area contributed by atoms with Gasteiger partial charge < -0.3 is 29.7 Å². The fourth-order valence-corrected chi connectivity index (χ4v) is 3.62. The van der Waals surface area contributed by atoms with E-state index < -0.39 is 0 Å². The number of guanidine groups is 1. The molecule has 2 aromatic rings. The number of aliphatic imine (C=N–C) groups is 1. The zero-order chi connectivity index (χ0) is 22.1. The zero-order valence-electron chi connectivity index (χ0n) is 18.8. The van der Waals surface area contributed by atoms with E-state index in [-0.39, 0.29) is 30.6 Å². The average Bonchev–Trinajstić information content (AvgIpc) is 3.28. The molecule has 1 saturated heterocycles. The number of hydrogen-bond acceptors (Lipinski definition) is 5. The van der Waals surface area contributed by atoms with Crippen molar-refractivity contribution in [2.24, 2.45) is 4.99 Å². The fraction of sp³-hybridized carbons (Fsp3) is 0.375. The molecule has 0 radical (unpaired) electrons. The number of rotatable bonds is 8. The molecule has 0 aromatic heterocycles. The van der Waals surface area contributed by atoms with Crippen LogP contribution < -0.4 is 29.7 Å². The molecule has 0 saturated carbocycles. The largest absolute Gasteiger partial charge is 0.495 e. The highest BCUT2D eigenvalue weighted by Crippen LogP contribution is 2.30. The van der Waals surface area contributed by atoms with Gasteiger partial charge in [0.25, 0.3) is 0 Å². The van der Waals surface area contributed by atoms with E-state index in [1.54, 1.807) is 21.3 Å². The molecule has 8 heteroatoms. The van der Waals surface area contributed by atoms with Crippen molar-refractivity contribution < 1.29 is 14.2 Å². The molecule has 1 aliphatic heterocycles. The first-order valence-electron chi connectivity index (χ1n) is 10.3. The predicted octanol–water partition coefficient (Wildman–Crippen LogP) is 3.28. The van der Waals surface area contributed by atoms with Crippen LogP contribution in [0.15, 0.2) is 47.5 Å². The van der Waals surface area contributed by atoms with Crippen molar-refractivity contribution in [2.45, 2.75) is 19.0 Å². The summed E-state index contributed by atoms with van der Waals surface area (Å²) in [6.07, 6.45) is 6.32. The van der Waals surface area contributed by atoms with Crippen molar-refractivity contribution in [3.8, 4) is 29.6 Å². The smallest absolute Gasteiger partial charge is 0.191 e. The summed E-state index contributed by atoms with van der Waals surface area (Å²) in [7, 11) is 5.09. The highest BCUT2D eigenvalue weighted by Gasteiger charge is 2.25. The molecule has 3 rings (SSSR count). The second-order valence-electron chi connectivity index (χ2n) is 7.15. The number of ether oxygens (including phenoxy) is 3. The molecule has 0 aliphatic carbocycles. The Labute approximate surface area is 207 Å². The lowest BCUT2D eigenvalue weighted by molar-refractivity contribution is 0.330. The van der Waals surface area contributed by atoms with Gasteiger partial charge in [0.15, 0.2) is 17.5 Å². The van der Waals surface area contributed by atoms with E-state index in [1.807, 2.05) is 36.4 Å². The van der Waals surface area contributed by atoms with Crippen molar-refractivity contribution in [3.63, 3.8) is 0 Å². The molecule has 0 spiro atoms. The topological polar surface area (TPSA) is 67.4 Å². The van der Waals surface area contributed by atoms with Gasteiger partial charge in [-0.3, -0.25) is 4.99 Å². The number of hydrogen-bond donors (Lipinski definition) is 2. The van der Waals surface area contributed by atoms with Crippen molar-refractivity contribution in [1.82, 2.24) is 10.6 Å². The molecule has 1 atom stereocenters. The Kier molecular flexibility index (Phi) is 10.3. The first kappa shape index (κ1) is 25.5. The van der Waals surface area contributed by atoms with E-state index in [2.05, 4.69) is 32.5 Å². The van der Waals surface area contributed by atoms with Crippen LogP contribution in [0.25, 0.3) is 0 Å². The molecule has 7 nitrogen and oxygen atoms in total. The first-order valence-corrected chi connectivity index (χ1v) is 10.3. The van der Waals surface area contributed by atoms with E-state index in [4.69, 9.17) is 20.6 Å². The molecular weight excluding hydrogens is 519 g/mol. The SMILES string of the molecule is C#CCOc1cc(CNC(=NC)NC2CCN(c3ccccc3OC)C2)ccc1OC.I. The minimum Gasteiger partial charge on any atom is -0.495 e. The molecule has 2 N–H and O–H groups in total. The van der Waals surface area contributed by atoms with Crippen molar-refractivity contribution in [3.05, 3.63) is 48.0 Å². The molecule has 2 aromatic carbocycles. The van der Waals surface area contributed by atoms with Crippen molar-refractivity contribution in [2.75, 3.05) is 45.9 Å². The summed E-state index contributed by atoms with van der Waals surface area (Å²) in [5, 5.41) is 6.89. The number of terminal acetylenes is 1. The van der Waals surface area contributed by atoms with Crippen molar-refractivity contribution in [1.29, 1.82) is 0 Å². The summed E-state index contributed by atoms with van der Waals surface area (Å²) in [5.74, 6) is 5.42. The second-order valence-corrected chi connectivity index (χ2v) is 7.15. The van der Waals surface area contributed by atoms with Gasteiger partial charge in [-0.15, -0.1) is 30.4 Å². The van der Waals surface area contributed by atoms with Crippen LogP contribution >= 0.6 is 24.0 Å². The Morgan fingerprint density at radius 1 is 1.16 bits per heavy atom. The first-order chi connectivity index (χ1) is 15.2. The molecule has 0 bridgehead atoms. The van der Waals surface area contributed by atoms with Crippen LogP contribution in [0.5, 0.6) is 17.2 Å². The summed E-state index contributed by atoms with van der Waals surface area (Å²) in [6.45, 7) is 2.64. The van der Waals surface area contributed by atoms with E-state index in [1.165, 1.54) is 0 Å². The number of methoxy groups -OCH3 is 2. The van der Waals surface area contributed by atoms with Crippen LogP contribution in [0.2, 0.25) is 0 Å². The van der Waals surface area contributed by atoms with Gasteiger partial charge >= 0.3 is 0 Å². The molecule has 1 fully saturated rings. The van der Waals surface area contributed by atoms with E-state index in [9.17, 15) is 0 Å². The minimum absolute atomic E-state index is 0. The lowest BCUT2D eigenvalue weighted by atomic mass is 10.2. The Bertz CT molecular complexity index is 945. The summed E-state index contributed by atoms with van der Waals surface area (Å²) < 4.78 is 16.4. The summed E-state index contributed by atoms with van der Waals surface area (Å²) in [5.41, 5.74) is 2.16. The number of benzene rings is 2. The van der Waals surface area contributed by atoms with Crippen LogP contribution in [0.3, 0.4) is 0 Å². The van der Waals surface area contributed by atoms with Gasteiger partial charge in [-0.2, -0.15) is 0 Å². The number of halogens is 1. The van der Waals surface area contributed by atoms with E-state index in [0.717, 1.165) is 42.5 Å². The molecule has 1 unspecified atom stereocenters. The summed E-state index contributed by atoms with van der Waals surface area (Å²) in [4.78, 5) is 6.71. The molecular formula is C24H31IN4O3. The predicted molar refractivity (Wildman–Crippen MR) is 140 cm³/mol. The number of para-hydroxylation sites is 2. The molecule has 1 aliphatic rings. The molecule has 0 amide bonds. The van der Waals surface area contributed by atoms with Crippen LogP contribution in [-0.4, -0.2) is 53.0 Å². The third-order valence-corrected chi connectivity index (χ3v) is 5.18. The van der Waals surface area contributed by atoms with E-state index >= 15 is 0 Å². The van der Waals surface area contributed by atoms with Gasteiger partial charge in [0.05, 0.1) is 19.9 Å². The highest BCUT2D eigenvalue weighted by molar-refractivity contribution is 14.0. The minimum atomic E-state index is 0. The van der Waals surface area contributed by atoms with Crippen LogP contribution in [0.1, 0.15) is 12.0 Å². The maximum absolute atomic E-state index is 5.58. The summed E-state index contributed by atoms with van der Waals surface area (Å²) >= 11 is 0. The second kappa shape index (κ2) is 12.9. The normalized spacial score (nSPS) is 15.4. The van der Waals surface area contributed by atoms with Gasteiger partial charge in [0.1, 0.15) is 12.4 Å². The van der Waals surface area contributed by atoms with E-state index in [0.29, 0.717) is 24.1 Å². The lowest BCUT2D eigenvalue weighted by Gasteiger charge is -2.22. The standard InChI is InChI=1S/C24H30N4O3.HI/c1-5-14-31-23-15-18(10-11-22(23)30-4)16-26-24(25-2)27-19-12-13-28(17-19)20-8-6-7-9-21(20)29-3;/h1,6-11,15,19H,12-14,16-17H2,2-4H3,(H2,25,26,27);1H. The Hall–Kier alpha value is -2.80. The zero-order valence-corrected chi connectivity index (χ0v) is 21.1. The van der Waals surface area contributed by atoms with Crippen molar-refractivity contribution >= 4 is 35.6 Å². The Morgan fingerprint density at radius 2 is 1.94 bits per heavy atom. The van der Waals surface area contributed by atoms with Gasteiger partial charge in [0, 0.05) is 32.7 Å². The third kappa shape index (κ3) is 6.60. The fourth-order valence-electron chi connectivity index (χ4n) is 3.62. The number of nitrogens with one attached hydrogen (secondary N) is 2. The average molecular weight is 550 g/mol. The highest BCUT2D eigenvalue weighted by atomic mass is 127. The molecule has 32 heavy (non-hydrogen) atoms. The van der Waals surface area contributed by atoms with Crippen LogP contribution in [0.4, 0.5) is 5.69 Å². The third-order valence-electron chi connectivity index (χ3n) is 5.18. The monoisotopic (exact) mass is 550 g/mol. The lowest BCUT2D eigenvalue weighted by Crippen LogP contribution is -2.44.